The summed E-state index contributed by atoms with van der Waals surface area (Å²) < 4.78 is 4.93. The maximum absolute atomic E-state index is 8.73. The fourth-order valence-corrected chi connectivity index (χ4v) is 1.09. The Hall–Kier alpha value is -0.730. The molecule has 2 nitrogen and oxygen atoms in total. The predicted molar refractivity (Wildman–Crippen MR) is 43.9 cm³/mol. The lowest BCUT2D eigenvalue weighted by atomic mass is 11.2. The van der Waals surface area contributed by atoms with Crippen molar-refractivity contribution in [2.45, 2.75) is 6.61 Å². The largest absolute Gasteiger partial charge is 0.495 e. The van der Waals surface area contributed by atoms with Crippen molar-refractivity contribution in [1.82, 2.24) is 0 Å². The Labute approximate surface area is 70.4 Å². The van der Waals surface area contributed by atoms with Crippen molar-refractivity contribution >= 4 is 11.6 Å². The molecule has 0 aliphatic rings. The van der Waals surface area contributed by atoms with Crippen LogP contribution in [-0.4, -0.2) is 12.2 Å². The highest BCUT2D eigenvalue weighted by Crippen LogP contribution is 2.24. The first-order chi connectivity index (χ1) is 5.27. The Morgan fingerprint density at radius 2 is 2.27 bits per heavy atom. The van der Waals surface area contributed by atoms with E-state index in [2.05, 4.69) is 0 Å². The summed E-state index contributed by atoms with van der Waals surface area (Å²) in [6.45, 7) is 0.00368. The zero-order valence-electron chi connectivity index (χ0n) is 6.17. The van der Waals surface area contributed by atoms with Gasteiger partial charge in [-0.1, -0.05) is 17.7 Å². The highest BCUT2D eigenvalue weighted by atomic mass is 35.5. The van der Waals surface area contributed by atoms with Gasteiger partial charge in [0.2, 0.25) is 0 Å². The van der Waals surface area contributed by atoms with E-state index in [1.807, 2.05) is 0 Å². The van der Waals surface area contributed by atoms with Gasteiger partial charge in [-0.05, 0) is 17.7 Å². The molecule has 1 aromatic rings. The zero-order valence-corrected chi connectivity index (χ0v) is 6.93. The molecule has 0 atom stereocenters. The van der Waals surface area contributed by atoms with Crippen LogP contribution in [0.2, 0.25) is 5.02 Å². The molecule has 0 fully saturated rings. The number of methoxy groups -OCH3 is 1. The Balaban J connectivity index is 2.99. The molecular weight excluding hydrogens is 170 g/mol. The second kappa shape index (κ2) is 3.60. The van der Waals surface area contributed by atoms with Crippen LogP contribution in [0, 0.1) is 0 Å². The maximum Gasteiger partial charge on any atom is 0.137 e. The van der Waals surface area contributed by atoms with Crippen LogP contribution in [0.15, 0.2) is 18.2 Å². The first-order valence-electron chi connectivity index (χ1n) is 3.21. The van der Waals surface area contributed by atoms with E-state index in [9.17, 15) is 0 Å². The number of benzene rings is 1. The molecule has 0 aliphatic heterocycles. The van der Waals surface area contributed by atoms with Crippen LogP contribution in [0.4, 0.5) is 0 Å². The number of hydrogen-bond donors (Lipinski definition) is 1. The molecule has 0 saturated carbocycles. The first-order valence-corrected chi connectivity index (χ1v) is 3.59. The van der Waals surface area contributed by atoms with Crippen LogP contribution < -0.4 is 4.74 Å². The minimum Gasteiger partial charge on any atom is -0.495 e. The van der Waals surface area contributed by atoms with Crippen molar-refractivity contribution in [3.05, 3.63) is 28.8 Å². The highest BCUT2D eigenvalue weighted by molar-refractivity contribution is 6.32. The van der Waals surface area contributed by atoms with E-state index in [4.69, 9.17) is 21.4 Å². The third-order valence-electron chi connectivity index (χ3n) is 1.40. The second-order valence-corrected chi connectivity index (χ2v) is 2.53. The quantitative estimate of drug-likeness (QED) is 0.702. The molecule has 0 amide bonds. The molecule has 0 aromatic heterocycles. The Kier molecular flexibility index (Phi) is 2.74. The SMILES string of the molecule is CO[13c]1[13cH][13cH][13c]([13CH2]O)[13cH][13c]1Cl. The highest BCUT2D eigenvalue weighted by Gasteiger charge is 1.99. The summed E-state index contributed by atoms with van der Waals surface area (Å²) in [4.78, 5) is 0. The summed E-state index contributed by atoms with van der Waals surface area (Å²) in [5, 5.41) is 9.25. The van der Waals surface area contributed by atoms with E-state index >= 15 is 0 Å². The molecule has 1 N–H and O–H groups in total. The van der Waals surface area contributed by atoms with Gasteiger partial charge in [0.15, 0.2) is 0 Å². The van der Waals surface area contributed by atoms with E-state index in [0.717, 1.165) is 5.56 Å². The summed E-state index contributed by atoms with van der Waals surface area (Å²) in [6.07, 6.45) is 0. The van der Waals surface area contributed by atoms with Crippen molar-refractivity contribution < 1.29 is 9.84 Å². The van der Waals surface area contributed by atoms with Gasteiger partial charge in [-0.3, -0.25) is 0 Å². The molecular formula is C8H9ClO2. The van der Waals surface area contributed by atoms with Gasteiger partial charge in [-0.15, -0.1) is 0 Å². The monoisotopic (exact) mass is 179 g/mol. The standard InChI is InChI=1S/C8H9ClO2/c1-11-8-3-2-6(5-10)4-7(8)9/h2-4,10H,5H2,1H3/i2+1,3+1,4+1,5+1,6+1,7+1,8+1. The smallest absolute Gasteiger partial charge is 0.137 e. The van der Waals surface area contributed by atoms with Gasteiger partial charge in [0, 0.05) is 0 Å². The molecule has 0 aliphatic carbocycles. The summed E-state index contributed by atoms with van der Waals surface area (Å²) >= 11 is 5.77. The molecule has 0 spiro atoms. The van der Waals surface area contributed by atoms with E-state index in [0.29, 0.717) is 10.8 Å². The Morgan fingerprint density at radius 3 is 2.73 bits per heavy atom. The van der Waals surface area contributed by atoms with Crippen LogP contribution >= 0.6 is 11.6 Å². The van der Waals surface area contributed by atoms with Crippen molar-refractivity contribution in [3.8, 4) is 5.75 Å². The van der Waals surface area contributed by atoms with Gasteiger partial charge in [0.05, 0.1) is 18.7 Å². The summed E-state index contributed by atoms with van der Waals surface area (Å²) in [7, 11) is 1.56. The summed E-state index contributed by atoms with van der Waals surface area (Å²) in [5.41, 5.74) is 0.788. The predicted octanol–water partition coefficient (Wildman–Crippen LogP) is 1.84. The molecule has 0 bridgehead atoms. The van der Waals surface area contributed by atoms with Gasteiger partial charge < -0.3 is 9.84 Å². The lowest BCUT2D eigenvalue weighted by molar-refractivity contribution is 0.281. The van der Waals surface area contributed by atoms with Gasteiger partial charge >= 0.3 is 0 Å². The molecule has 3 heteroatoms. The molecule has 0 saturated heterocycles. The van der Waals surface area contributed by atoms with E-state index in [-0.39, 0.29) is 6.61 Å². The van der Waals surface area contributed by atoms with Gasteiger partial charge in [0.25, 0.3) is 0 Å². The summed E-state index contributed by atoms with van der Waals surface area (Å²) in [5.74, 6) is 0.629. The number of hydrogen-bond acceptors (Lipinski definition) is 2. The normalized spacial score (nSPS) is 9.73. The third kappa shape index (κ3) is 1.85. The molecule has 0 unspecified atom stereocenters. The topological polar surface area (TPSA) is 29.5 Å². The van der Waals surface area contributed by atoms with E-state index < -0.39 is 0 Å². The number of aliphatic hydroxyl groups is 1. The van der Waals surface area contributed by atoms with Crippen molar-refractivity contribution in [3.63, 3.8) is 0 Å². The summed E-state index contributed by atoms with van der Waals surface area (Å²) in [6, 6.07) is 5.18. The molecule has 11 heavy (non-hydrogen) atoms. The van der Waals surface area contributed by atoms with Crippen LogP contribution in [0.3, 0.4) is 0 Å². The maximum atomic E-state index is 8.73. The Bertz CT molecular complexity index is 248. The van der Waals surface area contributed by atoms with Gasteiger partial charge in [-0.2, -0.15) is 0 Å². The van der Waals surface area contributed by atoms with E-state index in [1.54, 1.807) is 25.3 Å². The van der Waals surface area contributed by atoms with Crippen LogP contribution in [0.25, 0.3) is 0 Å². The van der Waals surface area contributed by atoms with Crippen molar-refractivity contribution in [2.24, 2.45) is 0 Å². The minimum absolute atomic E-state index is 0.00368. The lowest BCUT2D eigenvalue weighted by Crippen LogP contribution is -1.86. The number of rotatable bonds is 2. The Morgan fingerprint density at radius 1 is 1.55 bits per heavy atom. The third-order valence-corrected chi connectivity index (χ3v) is 1.69. The molecule has 60 valence electrons. The van der Waals surface area contributed by atoms with Crippen LogP contribution in [0.5, 0.6) is 5.75 Å². The molecule has 1 aromatic carbocycles. The molecule has 0 radical (unpaired) electrons. The van der Waals surface area contributed by atoms with Crippen molar-refractivity contribution in [2.75, 3.05) is 7.11 Å². The molecule has 1 rings (SSSR count). The van der Waals surface area contributed by atoms with Gasteiger partial charge in [-0.25, -0.2) is 0 Å². The second-order valence-electron chi connectivity index (χ2n) is 2.13. The number of ether oxygens (including phenoxy) is 1. The fourth-order valence-electron chi connectivity index (χ4n) is 0.808. The zero-order chi connectivity index (χ0) is 8.27. The lowest BCUT2D eigenvalue weighted by Gasteiger charge is -2.03. The van der Waals surface area contributed by atoms with E-state index in [1.165, 1.54) is 0 Å². The van der Waals surface area contributed by atoms with Crippen LogP contribution in [-0.2, 0) is 6.61 Å². The average Bonchev–Trinajstić information content (AvgIpc) is 2.04. The minimum atomic E-state index is 0.00368. The number of aliphatic hydroxyl groups excluding tert-OH is 1. The van der Waals surface area contributed by atoms with Gasteiger partial charge in [0.1, 0.15) is 5.75 Å². The molecule has 0 heterocycles. The first kappa shape index (κ1) is 8.37. The number of halogens is 1. The van der Waals surface area contributed by atoms with Crippen LogP contribution in [0.1, 0.15) is 5.56 Å². The average molecular weight is 180 g/mol. The fraction of sp³-hybridized carbons (Fsp3) is 0.250. The van der Waals surface area contributed by atoms with Crippen molar-refractivity contribution in [1.29, 1.82) is 0 Å².